The Hall–Kier alpha value is -0.860. The fourth-order valence-corrected chi connectivity index (χ4v) is 0.521. The van der Waals surface area contributed by atoms with Gasteiger partial charge in [0, 0.05) is 13.2 Å². The predicted molar refractivity (Wildman–Crippen MR) is 54.2 cm³/mol. The third-order valence-corrected chi connectivity index (χ3v) is 1.30. The van der Waals surface area contributed by atoms with E-state index < -0.39 is 31.4 Å². The van der Waals surface area contributed by atoms with E-state index in [0.29, 0.717) is 0 Å². The van der Waals surface area contributed by atoms with Gasteiger partial charge in [-0.05, 0) is 13.8 Å². The van der Waals surface area contributed by atoms with Crippen LogP contribution in [-0.2, 0) is 14.3 Å². The van der Waals surface area contributed by atoms with Gasteiger partial charge in [-0.2, -0.15) is 13.2 Å². The van der Waals surface area contributed by atoms with Gasteiger partial charge in [-0.15, -0.1) is 0 Å². The summed E-state index contributed by atoms with van der Waals surface area (Å²) in [4.78, 5) is 10.0. The van der Waals surface area contributed by atoms with E-state index in [4.69, 9.17) is 15.6 Å². The average molecular weight is 261 g/mol. The van der Waals surface area contributed by atoms with E-state index >= 15 is 0 Å². The number of alkyl halides is 3. The van der Waals surface area contributed by atoms with Crippen molar-refractivity contribution in [2.24, 2.45) is 5.73 Å². The third-order valence-electron chi connectivity index (χ3n) is 1.30. The van der Waals surface area contributed by atoms with Gasteiger partial charge in [0.1, 0.15) is 6.61 Å². The zero-order valence-corrected chi connectivity index (χ0v) is 9.79. The maximum Gasteiger partial charge on any atom is 0.490 e. The van der Waals surface area contributed by atoms with Crippen LogP contribution in [0.5, 0.6) is 0 Å². The van der Waals surface area contributed by atoms with Gasteiger partial charge in [0.2, 0.25) is 0 Å². The third kappa shape index (κ3) is 13.1. The molecular formula is C9H18F3NO4. The zero-order chi connectivity index (χ0) is 13.9. The topological polar surface area (TPSA) is 81.8 Å². The molecule has 0 rings (SSSR count). The summed E-state index contributed by atoms with van der Waals surface area (Å²) < 4.78 is 42.8. The van der Waals surface area contributed by atoms with Crippen LogP contribution in [0.1, 0.15) is 13.8 Å². The molecule has 0 heterocycles. The van der Waals surface area contributed by atoms with Crippen LogP contribution in [0.3, 0.4) is 0 Å². The summed E-state index contributed by atoms with van der Waals surface area (Å²) in [7, 11) is 0. The molecule has 0 unspecified atom stereocenters. The number of carbonyl (C=O) groups is 1. The maximum absolute atomic E-state index is 11.4. The molecule has 17 heavy (non-hydrogen) atoms. The van der Waals surface area contributed by atoms with Gasteiger partial charge in [-0.3, -0.25) is 0 Å². The van der Waals surface area contributed by atoms with Crippen molar-refractivity contribution in [2.45, 2.75) is 26.1 Å². The number of aliphatic hydroxyl groups excluding tert-OH is 1. The van der Waals surface area contributed by atoms with E-state index in [-0.39, 0.29) is 0 Å². The highest BCUT2D eigenvalue weighted by Gasteiger charge is 2.41. The minimum absolute atomic E-state index is 0.537. The number of hydrogen-bond acceptors (Lipinski definition) is 5. The zero-order valence-electron chi connectivity index (χ0n) is 9.79. The number of ether oxygens (including phenoxy) is 2. The number of hydrogen-bond donors (Lipinski definition) is 2. The molecule has 1 atom stereocenters. The van der Waals surface area contributed by atoms with Gasteiger partial charge in [0.05, 0.1) is 12.6 Å². The summed E-state index contributed by atoms with van der Waals surface area (Å²) in [6.07, 6.45) is -5.00. The summed E-state index contributed by atoms with van der Waals surface area (Å²) in [6, 6.07) is -0.976. The first-order chi connectivity index (χ1) is 7.79. The lowest BCUT2D eigenvalue weighted by Crippen LogP contribution is -2.34. The normalized spacial score (nSPS) is 12.4. The van der Waals surface area contributed by atoms with Crippen molar-refractivity contribution in [2.75, 3.05) is 26.4 Å². The largest absolute Gasteiger partial charge is 0.490 e. The molecule has 104 valence electrons. The predicted octanol–water partition coefficient (Wildman–Crippen LogP) is 0.454. The summed E-state index contributed by atoms with van der Waals surface area (Å²) in [5, 5.41) is 8.25. The molecule has 0 aromatic rings. The second kappa shape index (κ2) is 10.3. The molecule has 0 spiro atoms. The molecular weight excluding hydrogens is 243 g/mol. The van der Waals surface area contributed by atoms with Crippen LogP contribution in [-0.4, -0.2) is 49.7 Å². The Kier molecular flexibility index (Phi) is 11.2. The Morgan fingerprint density at radius 2 is 1.82 bits per heavy atom. The van der Waals surface area contributed by atoms with Gasteiger partial charge in [-0.25, -0.2) is 4.79 Å². The van der Waals surface area contributed by atoms with Gasteiger partial charge < -0.3 is 20.3 Å². The van der Waals surface area contributed by atoms with Gasteiger partial charge in [0.25, 0.3) is 0 Å². The van der Waals surface area contributed by atoms with Crippen molar-refractivity contribution in [1.29, 1.82) is 0 Å². The van der Waals surface area contributed by atoms with E-state index in [1.807, 2.05) is 13.8 Å². The first-order valence-corrected chi connectivity index (χ1v) is 4.97. The van der Waals surface area contributed by atoms with Crippen molar-refractivity contribution in [3.63, 3.8) is 0 Å². The van der Waals surface area contributed by atoms with Crippen LogP contribution in [0.4, 0.5) is 13.2 Å². The molecule has 8 heteroatoms. The van der Waals surface area contributed by atoms with Crippen LogP contribution >= 0.6 is 0 Å². The second-order valence-corrected chi connectivity index (χ2v) is 2.82. The van der Waals surface area contributed by atoms with E-state index in [1.54, 1.807) is 0 Å². The first kappa shape index (κ1) is 18.5. The maximum atomic E-state index is 11.4. The molecule has 0 aromatic carbocycles. The Balaban J connectivity index is 0. The minimum atomic E-state index is -5.00. The van der Waals surface area contributed by atoms with Gasteiger partial charge in [-0.1, -0.05) is 0 Å². The molecule has 0 aliphatic heterocycles. The van der Waals surface area contributed by atoms with Crippen LogP contribution in [0.25, 0.3) is 0 Å². The van der Waals surface area contributed by atoms with E-state index in [0.717, 1.165) is 13.2 Å². The number of aliphatic hydroxyl groups is 1. The van der Waals surface area contributed by atoms with Crippen LogP contribution in [0.2, 0.25) is 0 Å². The summed E-state index contributed by atoms with van der Waals surface area (Å²) >= 11 is 0. The fraction of sp³-hybridized carbons (Fsp3) is 0.889. The molecule has 0 aromatic heterocycles. The quantitative estimate of drug-likeness (QED) is 0.702. The number of carbonyl (C=O) groups excluding carboxylic acids is 1. The van der Waals surface area contributed by atoms with Crippen LogP contribution in [0, 0.1) is 0 Å². The van der Waals surface area contributed by atoms with E-state index in [9.17, 15) is 18.0 Å². The lowest BCUT2D eigenvalue weighted by Gasteiger charge is -2.10. The summed E-state index contributed by atoms with van der Waals surface area (Å²) in [5.41, 5.74) is 4.97. The molecule has 5 nitrogen and oxygen atoms in total. The Morgan fingerprint density at radius 3 is 2.06 bits per heavy atom. The number of nitrogens with two attached hydrogens (primary N) is 1. The summed E-state index contributed by atoms with van der Waals surface area (Å²) in [6.45, 7) is 4.49. The highest BCUT2D eigenvalue weighted by molar-refractivity contribution is 5.75. The Morgan fingerprint density at radius 1 is 1.35 bits per heavy atom. The number of halogens is 3. The molecule has 3 N–H and O–H groups in total. The molecule has 0 bridgehead atoms. The molecule has 0 fully saturated rings. The summed E-state index contributed by atoms with van der Waals surface area (Å²) in [5.74, 6) is -2.30. The van der Waals surface area contributed by atoms with Crippen molar-refractivity contribution < 1.29 is 32.5 Å². The smallest absolute Gasteiger partial charge is 0.457 e. The number of esters is 1. The fourth-order valence-electron chi connectivity index (χ4n) is 0.521. The number of rotatable bonds is 5. The first-order valence-electron chi connectivity index (χ1n) is 4.97. The average Bonchev–Trinajstić information content (AvgIpc) is 2.26. The van der Waals surface area contributed by atoms with Crippen molar-refractivity contribution in [1.82, 2.24) is 0 Å². The van der Waals surface area contributed by atoms with Crippen LogP contribution < -0.4 is 5.73 Å². The highest BCUT2D eigenvalue weighted by Crippen LogP contribution is 2.16. The standard InChI is InChI=1S/C5H8F3NO3.C4H10O/c6-5(7,8)4(11)12-2-3(9)1-10;1-3-5-4-2/h3,10H,1-2,9H2;3-4H2,1-2H3/t3-;/m1./s1. The Labute approximate surface area is 97.7 Å². The van der Waals surface area contributed by atoms with Crippen molar-refractivity contribution in [3.05, 3.63) is 0 Å². The molecule has 0 saturated heterocycles. The van der Waals surface area contributed by atoms with E-state index in [1.165, 1.54) is 0 Å². The SMILES string of the molecule is CCOCC.N[C@H](CO)COC(=O)C(F)(F)F. The van der Waals surface area contributed by atoms with Crippen molar-refractivity contribution >= 4 is 5.97 Å². The lowest BCUT2D eigenvalue weighted by molar-refractivity contribution is -0.200. The Bertz CT molecular complexity index is 197. The highest BCUT2D eigenvalue weighted by atomic mass is 19.4. The van der Waals surface area contributed by atoms with Gasteiger partial charge >= 0.3 is 12.1 Å². The van der Waals surface area contributed by atoms with Crippen LogP contribution in [0.15, 0.2) is 0 Å². The molecule has 0 aliphatic rings. The van der Waals surface area contributed by atoms with Crippen molar-refractivity contribution in [3.8, 4) is 0 Å². The lowest BCUT2D eigenvalue weighted by atomic mass is 10.4. The second-order valence-electron chi connectivity index (χ2n) is 2.82. The van der Waals surface area contributed by atoms with Gasteiger partial charge in [0.15, 0.2) is 0 Å². The molecule has 0 amide bonds. The molecule has 0 radical (unpaired) electrons. The molecule has 0 aliphatic carbocycles. The van der Waals surface area contributed by atoms with E-state index in [2.05, 4.69) is 4.74 Å². The molecule has 0 saturated carbocycles. The minimum Gasteiger partial charge on any atom is -0.457 e. The monoisotopic (exact) mass is 261 g/mol.